The maximum atomic E-state index is 12.7. The van der Waals surface area contributed by atoms with Crippen molar-refractivity contribution in [2.24, 2.45) is 11.3 Å². The third kappa shape index (κ3) is 2.36. The van der Waals surface area contributed by atoms with Crippen LogP contribution < -0.4 is 0 Å². The third-order valence-corrected chi connectivity index (χ3v) is 5.31. The number of ether oxygens (including phenoxy) is 2. The van der Waals surface area contributed by atoms with Crippen LogP contribution in [0, 0.1) is 11.3 Å². The van der Waals surface area contributed by atoms with Gasteiger partial charge in [0.2, 0.25) is 0 Å². The van der Waals surface area contributed by atoms with E-state index in [0.717, 1.165) is 11.1 Å². The average Bonchev–Trinajstić information content (AvgIpc) is 3.26. The van der Waals surface area contributed by atoms with Crippen LogP contribution >= 0.6 is 0 Å². The molecule has 0 aromatic heterocycles. The fourth-order valence-electron chi connectivity index (χ4n) is 4.24. The van der Waals surface area contributed by atoms with E-state index in [1.807, 2.05) is 60.7 Å². The van der Waals surface area contributed by atoms with Crippen molar-refractivity contribution in [2.75, 3.05) is 6.61 Å². The topological polar surface area (TPSA) is 52.6 Å². The van der Waals surface area contributed by atoms with Gasteiger partial charge in [0.15, 0.2) is 5.41 Å². The summed E-state index contributed by atoms with van der Waals surface area (Å²) < 4.78 is 10.9. The predicted molar refractivity (Wildman–Crippen MR) is 91.8 cm³/mol. The molecule has 4 heteroatoms. The van der Waals surface area contributed by atoms with Crippen LogP contribution in [0.15, 0.2) is 60.7 Å². The summed E-state index contributed by atoms with van der Waals surface area (Å²) in [5, 5.41) is 0. The first-order valence-electron chi connectivity index (χ1n) is 8.66. The van der Waals surface area contributed by atoms with Gasteiger partial charge in [-0.1, -0.05) is 60.7 Å². The number of hydrogen-bond acceptors (Lipinski definition) is 4. The molecular formula is C21H20O4. The van der Waals surface area contributed by atoms with Gasteiger partial charge < -0.3 is 9.47 Å². The van der Waals surface area contributed by atoms with Crippen molar-refractivity contribution in [3.8, 4) is 0 Å². The Morgan fingerprint density at radius 2 is 1.72 bits per heavy atom. The van der Waals surface area contributed by atoms with Gasteiger partial charge in [-0.3, -0.25) is 9.59 Å². The highest BCUT2D eigenvalue weighted by molar-refractivity contribution is 6.08. The molecule has 4 nitrogen and oxygen atoms in total. The average molecular weight is 336 g/mol. The van der Waals surface area contributed by atoms with E-state index in [9.17, 15) is 9.59 Å². The number of rotatable bonds is 5. The van der Waals surface area contributed by atoms with Crippen molar-refractivity contribution in [3.05, 3.63) is 71.8 Å². The smallest absolute Gasteiger partial charge is 0.324 e. The highest BCUT2D eigenvalue weighted by Crippen LogP contribution is 2.71. The molecule has 0 radical (unpaired) electrons. The zero-order valence-corrected chi connectivity index (χ0v) is 14.1. The van der Waals surface area contributed by atoms with Crippen LogP contribution in [0.5, 0.6) is 0 Å². The monoisotopic (exact) mass is 336 g/mol. The van der Waals surface area contributed by atoms with Crippen molar-refractivity contribution >= 4 is 11.9 Å². The first-order valence-corrected chi connectivity index (χ1v) is 8.66. The Kier molecular flexibility index (Phi) is 3.83. The Bertz CT molecular complexity index is 786. The molecule has 4 rings (SSSR count). The Labute approximate surface area is 146 Å². The van der Waals surface area contributed by atoms with Crippen LogP contribution in [0.1, 0.15) is 24.0 Å². The SMILES string of the molecule is CCOC(=O)[C@@]12C(=O)O[C@@H](Cc3ccccc3)[C@@H]1[C@H]2c1ccccc1. The van der Waals surface area contributed by atoms with Gasteiger partial charge in [0.25, 0.3) is 0 Å². The fourth-order valence-corrected chi connectivity index (χ4v) is 4.24. The molecule has 2 fully saturated rings. The van der Waals surface area contributed by atoms with Crippen LogP contribution in [0.3, 0.4) is 0 Å². The molecule has 1 saturated heterocycles. The summed E-state index contributed by atoms with van der Waals surface area (Å²) in [7, 11) is 0. The van der Waals surface area contributed by atoms with Gasteiger partial charge in [-0.25, -0.2) is 0 Å². The van der Waals surface area contributed by atoms with E-state index in [-0.39, 0.29) is 24.5 Å². The maximum Gasteiger partial charge on any atom is 0.324 e. The summed E-state index contributed by atoms with van der Waals surface area (Å²) >= 11 is 0. The van der Waals surface area contributed by atoms with E-state index in [0.29, 0.717) is 6.42 Å². The molecule has 128 valence electrons. The zero-order chi connectivity index (χ0) is 17.4. The molecule has 0 amide bonds. The highest BCUT2D eigenvalue weighted by atomic mass is 16.6. The number of esters is 2. The summed E-state index contributed by atoms with van der Waals surface area (Å²) in [6, 6.07) is 19.6. The van der Waals surface area contributed by atoms with E-state index >= 15 is 0 Å². The van der Waals surface area contributed by atoms with Crippen molar-refractivity contribution < 1.29 is 19.1 Å². The molecule has 2 aliphatic rings. The molecule has 0 unspecified atom stereocenters. The Balaban J connectivity index is 1.68. The summed E-state index contributed by atoms with van der Waals surface area (Å²) in [5.74, 6) is -1.22. The normalized spacial score (nSPS) is 29.6. The molecule has 2 aromatic rings. The van der Waals surface area contributed by atoms with Gasteiger partial charge in [-0.15, -0.1) is 0 Å². The van der Waals surface area contributed by atoms with Crippen molar-refractivity contribution in [1.29, 1.82) is 0 Å². The minimum absolute atomic E-state index is 0.164. The minimum atomic E-state index is -1.17. The summed E-state index contributed by atoms with van der Waals surface area (Å²) in [5.41, 5.74) is 0.922. The molecule has 2 aromatic carbocycles. The molecule has 1 saturated carbocycles. The summed E-state index contributed by atoms with van der Waals surface area (Å²) in [4.78, 5) is 25.4. The molecule has 1 heterocycles. The second-order valence-corrected chi connectivity index (χ2v) is 6.64. The summed E-state index contributed by atoms with van der Waals surface area (Å²) in [6.07, 6.45) is 0.311. The van der Waals surface area contributed by atoms with E-state index < -0.39 is 17.4 Å². The highest BCUT2D eigenvalue weighted by Gasteiger charge is 2.83. The number of carbonyl (C=O) groups excluding carboxylic acids is 2. The Morgan fingerprint density at radius 1 is 1.08 bits per heavy atom. The van der Waals surface area contributed by atoms with E-state index in [1.165, 1.54) is 0 Å². The number of hydrogen-bond donors (Lipinski definition) is 0. The van der Waals surface area contributed by atoms with E-state index in [1.54, 1.807) is 6.92 Å². The van der Waals surface area contributed by atoms with Crippen LogP contribution in [-0.2, 0) is 25.5 Å². The molecule has 25 heavy (non-hydrogen) atoms. The lowest BCUT2D eigenvalue weighted by atomic mass is 9.99. The molecule has 0 N–H and O–H groups in total. The quantitative estimate of drug-likeness (QED) is 0.622. The Hall–Kier alpha value is -2.62. The standard InChI is InChI=1S/C21H20O4/c1-2-24-19(22)21-17(15-11-7-4-8-12-15)18(21)16(25-20(21)23)13-14-9-5-3-6-10-14/h3-12,16-18H,2,13H2,1H3/t16-,17+,18+,21-/m0/s1. The lowest BCUT2D eigenvalue weighted by Gasteiger charge is -2.16. The van der Waals surface area contributed by atoms with Crippen LogP contribution in [0.4, 0.5) is 0 Å². The molecule has 1 aliphatic carbocycles. The van der Waals surface area contributed by atoms with Crippen LogP contribution in [-0.4, -0.2) is 24.6 Å². The van der Waals surface area contributed by atoms with Crippen molar-refractivity contribution in [1.82, 2.24) is 0 Å². The van der Waals surface area contributed by atoms with Gasteiger partial charge in [-0.2, -0.15) is 0 Å². The van der Waals surface area contributed by atoms with E-state index in [2.05, 4.69) is 0 Å². The van der Waals surface area contributed by atoms with Gasteiger partial charge in [0.05, 0.1) is 6.61 Å². The van der Waals surface area contributed by atoms with Gasteiger partial charge in [-0.05, 0) is 18.1 Å². The largest absolute Gasteiger partial charge is 0.465 e. The lowest BCUT2D eigenvalue weighted by Crippen LogP contribution is -2.29. The van der Waals surface area contributed by atoms with E-state index in [4.69, 9.17) is 9.47 Å². The molecule has 1 aliphatic heterocycles. The first kappa shape index (κ1) is 15.9. The molecule has 0 spiro atoms. The van der Waals surface area contributed by atoms with Crippen LogP contribution in [0.25, 0.3) is 0 Å². The number of fused-ring (bicyclic) bond motifs is 1. The second kappa shape index (κ2) is 6.03. The Morgan fingerprint density at radius 3 is 2.36 bits per heavy atom. The van der Waals surface area contributed by atoms with Gasteiger partial charge in [0.1, 0.15) is 6.10 Å². The van der Waals surface area contributed by atoms with Crippen molar-refractivity contribution in [3.63, 3.8) is 0 Å². The third-order valence-electron chi connectivity index (χ3n) is 5.31. The zero-order valence-electron chi connectivity index (χ0n) is 14.1. The first-order chi connectivity index (χ1) is 12.2. The fraction of sp³-hybridized carbons (Fsp3) is 0.333. The summed E-state index contributed by atoms with van der Waals surface area (Å²) in [6.45, 7) is 2.01. The predicted octanol–water partition coefficient (Wildman–Crippen LogP) is 3.12. The maximum absolute atomic E-state index is 12.7. The van der Waals surface area contributed by atoms with Gasteiger partial charge >= 0.3 is 11.9 Å². The number of cyclic esters (lactones) is 1. The van der Waals surface area contributed by atoms with Crippen molar-refractivity contribution in [2.45, 2.75) is 25.4 Å². The number of benzene rings is 2. The minimum Gasteiger partial charge on any atom is -0.465 e. The molecule has 0 bridgehead atoms. The van der Waals surface area contributed by atoms with Crippen LogP contribution in [0.2, 0.25) is 0 Å². The molecular weight excluding hydrogens is 316 g/mol. The lowest BCUT2D eigenvalue weighted by molar-refractivity contribution is -0.161. The number of carbonyl (C=O) groups is 2. The molecule has 4 atom stereocenters. The van der Waals surface area contributed by atoms with Gasteiger partial charge in [0, 0.05) is 18.3 Å². The second-order valence-electron chi connectivity index (χ2n) is 6.64.